The van der Waals surface area contributed by atoms with Crippen LogP contribution in [0.15, 0.2) is 60.4 Å². The molecule has 0 aromatic heterocycles. The van der Waals surface area contributed by atoms with E-state index >= 15 is 0 Å². The molecule has 0 aliphatic rings. The van der Waals surface area contributed by atoms with Crippen LogP contribution < -0.4 is 5.32 Å². The molecule has 0 heterocycles. The first kappa shape index (κ1) is 17.5. The first-order valence-corrected chi connectivity index (χ1v) is 9.27. The van der Waals surface area contributed by atoms with Crippen molar-refractivity contribution in [2.45, 2.75) is 13.8 Å². The molecule has 0 radical (unpaired) electrons. The average Bonchev–Trinajstić information content (AvgIpc) is 2.56. The summed E-state index contributed by atoms with van der Waals surface area (Å²) in [7, 11) is -3.20. The lowest BCUT2D eigenvalue weighted by Gasteiger charge is -2.13. The second-order valence-corrected chi connectivity index (χ2v) is 6.66. The van der Waals surface area contributed by atoms with Gasteiger partial charge in [-0.3, -0.25) is 4.57 Å². The Morgan fingerprint density at radius 2 is 1.57 bits per heavy atom. The minimum Gasteiger partial charge on any atom is -0.355 e. The molecule has 0 bridgehead atoms. The lowest BCUT2D eigenvalue weighted by Crippen LogP contribution is -1.94. The minimum absolute atomic E-state index is 0.339. The van der Waals surface area contributed by atoms with Gasteiger partial charge in [0, 0.05) is 17.2 Å². The Hall–Kier alpha value is -1.87. The smallest absolute Gasteiger partial charge is 0.354 e. The molecular weight excluding hydrogens is 309 g/mol. The van der Waals surface area contributed by atoms with Crippen molar-refractivity contribution < 1.29 is 13.6 Å². The van der Waals surface area contributed by atoms with Gasteiger partial charge in [-0.15, -0.1) is 0 Å². The van der Waals surface area contributed by atoms with Gasteiger partial charge in [0.15, 0.2) is 0 Å². The number of benzene rings is 2. The Kier molecular flexibility index (Phi) is 6.60. The van der Waals surface area contributed by atoms with Crippen molar-refractivity contribution in [2.24, 2.45) is 0 Å². The van der Waals surface area contributed by atoms with Crippen LogP contribution in [0.4, 0.5) is 11.4 Å². The van der Waals surface area contributed by atoms with Crippen molar-refractivity contribution in [3.05, 3.63) is 66.0 Å². The van der Waals surface area contributed by atoms with Gasteiger partial charge >= 0.3 is 7.60 Å². The van der Waals surface area contributed by atoms with Crippen molar-refractivity contribution in [3.63, 3.8) is 0 Å². The SMILES string of the molecule is CCOP(=O)(C=Cc1ccccc1Nc1ccccc1)OCC. The summed E-state index contributed by atoms with van der Waals surface area (Å²) < 4.78 is 23.1. The quantitative estimate of drug-likeness (QED) is 0.633. The van der Waals surface area contributed by atoms with Crippen molar-refractivity contribution in [3.8, 4) is 0 Å². The van der Waals surface area contributed by atoms with E-state index in [1.807, 2.05) is 54.6 Å². The topological polar surface area (TPSA) is 47.6 Å². The summed E-state index contributed by atoms with van der Waals surface area (Å²) in [5.74, 6) is 1.52. The van der Waals surface area contributed by atoms with Crippen LogP contribution in [-0.4, -0.2) is 13.2 Å². The third kappa shape index (κ3) is 5.36. The third-order valence-electron chi connectivity index (χ3n) is 3.07. The molecule has 1 N–H and O–H groups in total. The Morgan fingerprint density at radius 1 is 0.957 bits per heavy atom. The maximum absolute atomic E-state index is 12.5. The Labute approximate surface area is 137 Å². The highest BCUT2D eigenvalue weighted by atomic mass is 31.2. The van der Waals surface area contributed by atoms with Gasteiger partial charge in [0.1, 0.15) is 0 Å². The van der Waals surface area contributed by atoms with Crippen LogP contribution in [0, 0.1) is 0 Å². The van der Waals surface area contributed by atoms with Crippen LogP contribution in [0.5, 0.6) is 0 Å². The van der Waals surface area contributed by atoms with E-state index in [0.29, 0.717) is 13.2 Å². The molecule has 2 aromatic rings. The number of rotatable bonds is 8. The molecule has 0 aliphatic carbocycles. The van der Waals surface area contributed by atoms with Crippen molar-refractivity contribution in [1.29, 1.82) is 0 Å². The molecule has 5 heteroatoms. The number of hydrogen-bond acceptors (Lipinski definition) is 4. The Balaban J connectivity index is 2.23. The largest absolute Gasteiger partial charge is 0.355 e. The molecule has 122 valence electrons. The second kappa shape index (κ2) is 8.68. The molecular formula is C18H22NO3P. The Bertz CT molecular complexity index is 676. The average molecular weight is 331 g/mol. The van der Waals surface area contributed by atoms with Crippen LogP contribution in [0.25, 0.3) is 6.08 Å². The molecule has 0 saturated heterocycles. The van der Waals surface area contributed by atoms with Gasteiger partial charge in [0.05, 0.1) is 13.2 Å². The predicted octanol–water partition coefficient (Wildman–Crippen LogP) is 5.67. The van der Waals surface area contributed by atoms with Gasteiger partial charge in [-0.05, 0) is 43.7 Å². The summed E-state index contributed by atoms with van der Waals surface area (Å²) >= 11 is 0. The first-order chi connectivity index (χ1) is 11.2. The van der Waals surface area contributed by atoms with Crippen molar-refractivity contribution >= 4 is 25.0 Å². The zero-order chi connectivity index (χ0) is 16.5. The molecule has 0 saturated carbocycles. The van der Waals surface area contributed by atoms with Crippen LogP contribution in [0.2, 0.25) is 0 Å². The van der Waals surface area contributed by atoms with Gasteiger partial charge in [-0.1, -0.05) is 36.4 Å². The fourth-order valence-corrected chi connectivity index (χ4v) is 3.40. The highest BCUT2D eigenvalue weighted by Crippen LogP contribution is 2.50. The van der Waals surface area contributed by atoms with Crippen LogP contribution in [0.1, 0.15) is 19.4 Å². The fraction of sp³-hybridized carbons (Fsp3) is 0.222. The van der Waals surface area contributed by atoms with Crippen molar-refractivity contribution in [1.82, 2.24) is 0 Å². The van der Waals surface area contributed by atoms with Crippen LogP contribution in [0.3, 0.4) is 0 Å². The van der Waals surface area contributed by atoms with Gasteiger partial charge in [-0.25, -0.2) is 0 Å². The van der Waals surface area contributed by atoms with Crippen molar-refractivity contribution in [2.75, 3.05) is 18.5 Å². The molecule has 23 heavy (non-hydrogen) atoms. The predicted molar refractivity (Wildman–Crippen MR) is 96.1 cm³/mol. The van der Waals surface area contributed by atoms with E-state index in [-0.39, 0.29) is 0 Å². The standard InChI is InChI=1S/C18H22NO3P/c1-3-21-23(20,22-4-2)15-14-16-10-8-9-13-18(16)19-17-11-6-5-7-12-17/h5-15,19H,3-4H2,1-2H3. The summed E-state index contributed by atoms with van der Waals surface area (Å²) in [6, 6.07) is 17.7. The van der Waals surface area contributed by atoms with Gasteiger partial charge in [0.25, 0.3) is 0 Å². The van der Waals surface area contributed by atoms with E-state index in [9.17, 15) is 4.57 Å². The summed E-state index contributed by atoms with van der Waals surface area (Å²) in [5, 5.41) is 3.35. The van der Waals surface area contributed by atoms with Gasteiger partial charge in [-0.2, -0.15) is 0 Å². The van der Waals surface area contributed by atoms with Crippen LogP contribution in [-0.2, 0) is 13.6 Å². The Morgan fingerprint density at radius 3 is 2.22 bits per heavy atom. The summed E-state index contributed by atoms with van der Waals surface area (Å²) in [6.07, 6.45) is 1.78. The van der Waals surface area contributed by atoms with E-state index in [0.717, 1.165) is 16.9 Å². The third-order valence-corrected chi connectivity index (χ3v) is 4.82. The number of hydrogen-bond donors (Lipinski definition) is 1. The maximum atomic E-state index is 12.5. The fourth-order valence-electron chi connectivity index (χ4n) is 2.09. The second-order valence-electron chi connectivity index (χ2n) is 4.77. The van der Waals surface area contributed by atoms with Gasteiger partial charge in [0.2, 0.25) is 0 Å². The molecule has 0 unspecified atom stereocenters. The number of para-hydroxylation sites is 2. The van der Waals surface area contributed by atoms with E-state index in [1.165, 1.54) is 5.82 Å². The van der Waals surface area contributed by atoms with E-state index in [2.05, 4.69) is 5.32 Å². The van der Waals surface area contributed by atoms with Crippen LogP contribution >= 0.6 is 7.60 Å². The summed E-state index contributed by atoms with van der Waals surface area (Å²) in [4.78, 5) is 0. The molecule has 0 fully saturated rings. The highest BCUT2D eigenvalue weighted by Gasteiger charge is 2.18. The van der Waals surface area contributed by atoms with Gasteiger partial charge < -0.3 is 14.4 Å². The number of anilines is 2. The monoisotopic (exact) mass is 331 g/mol. The molecule has 4 nitrogen and oxygen atoms in total. The lowest BCUT2D eigenvalue weighted by atomic mass is 10.1. The highest BCUT2D eigenvalue weighted by molar-refractivity contribution is 7.57. The normalized spacial score (nSPS) is 11.7. The zero-order valence-electron chi connectivity index (χ0n) is 13.4. The van der Waals surface area contributed by atoms with E-state index in [4.69, 9.17) is 9.05 Å². The first-order valence-electron chi connectivity index (χ1n) is 7.66. The molecule has 0 spiro atoms. The molecule has 0 amide bonds. The van der Waals surface area contributed by atoms with E-state index in [1.54, 1.807) is 19.9 Å². The maximum Gasteiger partial charge on any atom is 0.354 e. The minimum atomic E-state index is -3.20. The molecule has 2 rings (SSSR count). The van der Waals surface area contributed by atoms with E-state index < -0.39 is 7.60 Å². The molecule has 2 aromatic carbocycles. The summed E-state index contributed by atoms with van der Waals surface area (Å²) in [5.41, 5.74) is 2.83. The molecule has 0 atom stereocenters. The zero-order valence-corrected chi connectivity index (χ0v) is 14.3. The lowest BCUT2D eigenvalue weighted by molar-refractivity contribution is 0.229. The molecule has 0 aliphatic heterocycles. The summed E-state index contributed by atoms with van der Waals surface area (Å²) in [6.45, 7) is 4.27. The number of nitrogens with one attached hydrogen (secondary N) is 1.